The number of rotatable bonds is 9. The number of aromatic amines is 2. The van der Waals surface area contributed by atoms with E-state index in [4.69, 9.17) is 16.3 Å². The number of H-pyrrole nitrogens is 2. The largest absolute Gasteiger partial charge is 0.494 e. The minimum Gasteiger partial charge on any atom is -0.494 e. The number of carbonyl (C=O) groups excluding carboxylic acids is 1. The fourth-order valence-corrected chi connectivity index (χ4v) is 4.25. The van der Waals surface area contributed by atoms with Crippen LogP contribution in [-0.4, -0.2) is 42.9 Å². The molecule has 2 N–H and O–H groups in total. The van der Waals surface area contributed by atoms with E-state index in [2.05, 4.69) is 20.2 Å². The van der Waals surface area contributed by atoms with E-state index >= 15 is 0 Å². The van der Waals surface area contributed by atoms with Gasteiger partial charge in [-0.2, -0.15) is 0 Å². The number of benzene rings is 2. The molecule has 0 spiro atoms. The Balaban J connectivity index is 1.65. The molecule has 0 fully saturated rings. The molecule has 34 heavy (non-hydrogen) atoms. The van der Waals surface area contributed by atoms with Gasteiger partial charge < -0.3 is 9.72 Å². The molecule has 0 bridgehead atoms. The number of hydrogen-bond acceptors (Lipinski definition) is 7. The minimum atomic E-state index is -0.599. The topological polar surface area (TPSA) is 123 Å². The molecule has 2 aromatic heterocycles. The summed E-state index contributed by atoms with van der Waals surface area (Å²) in [4.78, 5) is 40.8. The highest BCUT2D eigenvalue weighted by molar-refractivity contribution is 7.99. The Morgan fingerprint density at radius 3 is 2.47 bits per heavy atom. The molecule has 0 aliphatic rings. The van der Waals surface area contributed by atoms with Crippen molar-refractivity contribution in [3.05, 3.63) is 97.5 Å². The predicted octanol–water partition coefficient (Wildman–Crippen LogP) is 3.26. The fraction of sp³-hybridized carbons (Fsp3) is 0.174. The molecule has 2 heterocycles. The second-order valence-corrected chi connectivity index (χ2v) is 8.55. The van der Waals surface area contributed by atoms with Crippen LogP contribution in [0.1, 0.15) is 28.8 Å². The highest BCUT2D eigenvalue weighted by atomic mass is 35.5. The lowest BCUT2D eigenvalue weighted by molar-refractivity contribution is 0.102. The first-order valence-electron chi connectivity index (χ1n) is 10.3. The van der Waals surface area contributed by atoms with Crippen molar-refractivity contribution in [2.75, 3.05) is 12.4 Å². The molecule has 11 heteroatoms. The number of carbonyl (C=O) groups is 1. The number of ether oxygens (including phenoxy) is 1. The number of halogens is 1. The lowest BCUT2D eigenvalue weighted by atomic mass is 10.1. The third-order valence-corrected chi connectivity index (χ3v) is 5.95. The van der Waals surface area contributed by atoms with Crippen molar-refractivity contribution in [1.29, 1.82) is 0 Å². The summed E-state index contributed by atoms with van der Waals surface area (Å²) in [6, 6.07) is 15.3. The molecule has 4 rings (SSSR count). The van der Waals surface area contributed by atoms with Gasteiger partial charge in [-0.05, 0) is 55.5 Å². The highest BCUT2D eigenvalue weighted by Crippen LogP contribution is 2.25. The first-order valence-corrected chi connectivity index (χ1v) is 11.7. The fourth-order valence-electron chi connectivity index (χ4n) is 3.26. The lowest BCUT2D eigenvalue weighted by Gasteiger charge is -2.11. The quantitative estimate of drug-likeness (QED) is 0.269. The van der Waals surface area contributed by atoms with Gasteiger partial charge in [-0.3, -0.25) is 19.1 Å². The molecule has 0 saturated heterocycles. The average Bonchev–Trinajstić information content (AvgIpc) is 3.20. The van der Waals surface area contributed by atoms with Gasteiger partial charge in [0.1, 0.15) is 11.6 Å². The maximum absolute atomic E-state index is 12.7. The molecule has 0 unspecified atom stereocenters. The van der Waals surface area contributed by atoms with Crippen LogP contribution in [0.3, 0.4) is 0 Å². The van der Waals surface area contributed by atoms with Crippen LogP contribution < -0.4 is 16.0 Å². The maximum atomic E-state index is 12.7. The number of nitrogens with zero attached hydrogens (tertiary/aromatic N) is 3. The van der Waals surface area contributed by atoms with Crippen LogP contribution >= 0.6 is 23.4 Å². The lowest BCUT2D eigenvalue weighted by Crippen LogP contribution is -2.23. The summed E-state index contributed by atoms with van der Waals surface area (Å²) < 4.78 is 7.31. The minimum absolute atomic E-state index is 0.0802. The summed E-state index contributed by atoms with van der Waals surface area (Å²) in [6.45, 7) is 2.45. The Morgan fingerprint density at radius 2 is 1.79 bits per heavy atom. The molecule has 2 aromatic carbocycles. The van der Waals surface area contributed by atoms with Crippen molar-refractivity contribution in [2.24, 2.45) is 0 Å². The summed E-state index contributed by atoms with van der Waals surface area (Å²) >= 11 is 7.14. The monoisotopic (exact) mass is 497 g/mol. The molecule has 174 valence electrons. The molecule has 0 aliphatic carbocycles. The number of aromatic nitrogens is 5. The van der Waals surface area contributed by atoms with E-state index in [0.29, 0.717) is 39.6 Å². The van der Waals surface area contributed by atoms with E-state index in [-0.39, 0.29) is 18.0 Å². The van der Waals surface area contributed by atoms with Gasteiger partial charge in [-0.15, -0.1) is 10.2 Å². The predicted molar refractivity (Wildman–Crippen MR) is 130 cm³/mol. The summed E-state index contributed by atoms with van der Waals surface area (Å²) in [7, 11) is 0. The first kappa shape index (κ1) is 23.5. The third kappa shape index (κ3) is 5.64. The Labute approximate surface area is 203 Å². The molecular weight excluding hydrogens is 478 g/mol. The van der Waals surface area contributed by atoms with Crippen molar-refractivity contribution in [1.82, 2.24) is 24.7 Å². The zero-order chi connectivity index (χ0) is 24.1. The molecule has 0 radical (unpaired) electrons. The molecule has 0 saturated carbocycles. The molecule has 4 aromatic rings. The van der Waals surface area contributed by atoms with Gasteiger partial charge in [-0.1, -0.05) is 23.4 Å². The third-order valence-electron chi connectivity index (χ3n) is 4.77. The summed E-state index contributed by atoms with van der Waals surface area (Å²) in [5, 5.41) is 9.58. The SMILES string of the molecule is CCOc1ccc(-n2c(Cc3cc(=O)[nH]c(=O)[nH]3)nnc2SCC(=O)c2ccc(Cl)cc2)cc1. The van der Waals surface area contributed by atoms with Crippen LogP contribution in [0, 0.1) is 0 Å². The number of thioether (sulfide) groups is 1. The summed E-state index contributed by atoms with van der Waals surface area (Å²) in [6.07, 6.45) is 0.158. The van der Waals surface area contributed by atoms with Crippen molar-refractivity contribution < 1.29 is 9.53 Å². The Morgan fingerprint density at radius 1 is 1.06 bits per heavy atom. The summed E-state index contributed by atoms with van der Waals surface area (Å²) in [5.74, 6) is 1.26. The normalized spacial score (nSPS) is 10.9. The van der Waals surface area contributed by atoms with Gasteiger partial charge in [0, 0.05) is 34.5 Å². The number of Topliss-reactive ketones (excluding diaryl/α,β-unsaturated/α-hetero) is 1. The second kappa shape index (κ2) is 10.5. The van der Waals surface area contributed by atoms with E-state index in [1.54, 1.807) is 28.8 Å². The van der Waals surface area contributed by atoms with Crippen molar-refractivity contribution in [3.8, 4) is 11.4 Å². The Hall–Kier alpha value is -3.63. The maximum Gasteiger partial charge on any atom is 0.325 e. The zero-order valence-corrected chi connectivity index (χ0v) is 19.7. The molecule has 9 nitrogen and oxygen atoms in total. The van der Waals surface area contributed by atoms with E-state index < -0.39 is 11.2 Å². The first-order chi connectivity index (χ1) is 16.4. The standard InChI is InChI=1S/C23H20ClN5O4S/c1-2-33-18-9-7-17(8-10-18)29-20(11-16-12-21(31)26-22(32)25-16)27-28-23(29)34-13-19(30)14-3-5-15(24)6-4-14/h3-10,12H,2,11,13H2,1H3,(H2,25,26,31,32). The smallest absolute Gasteiger partial charge is 0.325 e. The number of ketones is 1. The van der Waals surface area contributed by atoms with E-state index in [0.717, 1.165) is 5.69 Å². The van der Waals surface area contributed by atoms with Gasteiger partial charge in [-0.25, -0.2) is 4.79 Å². The second-order valence-electron chi connectivity index (χ2n) is 7.17. The van der Waals surface area contributed by atoms with E-state index in [1.165, 1.54) is 17.8 Å². The van der Waals surface area contributed by atoms with Crippen LogP contribution in [0.15, 0.2) is 69.3 Å². The van der Waals surface area contributed by atoms with Gasteiger partial charge in [0.25, 0.3) is 5.56 Å². The van der Waals surface area contributed by atoms with Crippen LogP contribution in [0.2, 0.25) is 5.02 Å². The Bertz CT molecular complexity index is 1380. The van der Waals surface area contributed by atoms with Gasteiger partial charge in [0.05, 0.1) is 12.4 Å². The van der Waals surface area contributed by atoms with Crippen molar-refractivity contribution >= 4 is 29.1 Å². The van der Waals surface area contributed by atoms with Crippen molar-refractivity contribution in [3.63, 3.8) is 0 Å². The number of nitrogens with one attached hydrogen (secondary N) is 2. The number of hydrogen-bond donors (Lipinski definition) is 2. The van der Waals surface area contributed by atoms with Crippen molar-refractivity contribution in [2.45, 2.75) is 18.5 Å². The van der Waals surface area contributed by atoms with Gasteiger partial charge in [0.2, 0.25) is 0 Å². The molecular formula is C23H20ClN5O4S. The molecule has 0 atom stereocenters. The van der Waals surface area contributed by atoms with Gasteiger partial charge >= 0.3 is 5.69 Å². The van der Waals surface area contributed by atoms with E-state index in [1.807, 2.05) is 31.2 Å². The molecule has 0 aliphatic heterocycles. The Kier molecular flexibility index (Phi) is 7.29. The van der Waals surface area contributed by atoms with Crippen LogP contribution in [0.25, 0.3) is 5.69 Å². The highest BCUT2D eigenvalue weighted by Gasteiger charge is 2.18. The van der Waals surface area contributed by atoms with Crippen LogP contribution in [0.5, 0.6) is 5.75 Å². The van der Waals surface area contributed by atoms with Gasteiger partial charge in [0.15, 0.2) is 10.9 Å². The van der Waals surface area contributed by atoms with Crippen LogP contribution in [-0.2, 0) is 6.42 Å². The zero-order valence-electron chi connectivity index (χ0n) is 18.1. The average molecular weight is 498 g/mol. The van der Waals surface area contributed by atoms with Crippen LogP contribution in [0.4, 0.5) is 0 Å². The van der Waals surface area contributed by atoms with E-state index in [9.17, 15) is 14.4 Å². The summed E-state index contributed by atoms with van der Waals surface area (Å²) in [5.41, 5.74) is 0.580. The molecule has 0 amide bonds.